The van der Waals surface area contributed by atoms with Crippen molar-refractivity contribution < 1.29 is 0 Å². The van der Waals surface area contributed by atoms with Gasteiger partial charge in [0.2, 0.25) is 0 Å². The first-order valence-corrected chi connectivity index (χ1v) is 7.74. The Bertz CT molecular complexity index is 161. The van der Waals surface area contributed by atoms with E-state index in [2.05, 4.69) is 37.8 Å². The molecule has 1 aliphatic heterocycles. The largest absolute Gasteiger partial charge is 0.313 e. The van der Waals surface area contributed by atoms with E-state index in [1.807, 2.05) is 0 Å². The fourth-order valence-electron chi connectivity index (χ4n) is 2.51. The summed E-state index contributed by atoms with van der Waals surface area (Å²) in [5.74, 6) is 4.58. The molecule has 0 spiro atoms. The van der Waals surface area contributed by atoms with Gasteiger partial charge in [-0.2, -0.15) is 11.8 Å². The molecular weight excluding hydrogens is 202 g/mol. The minimum atomic E-state index is 0.800. The molecule has 1 fully saturated rings. The molecule has 2 heteroatoms. The Hall–Kier alpha value is 0.310. The minimum Gasteiger partial charge on any atom is -0.313 e. The lowest BCUT2D eigenvalue weighted by Gasteiger charge is -2.23. The molecule has 0 radical (unpaired) electrons. The van der Waals surface area contributed by atoms with Gasteiger partial charge in [-0.3, -0.25) is 0 Å². The van der Waals surface area contributed by atoms with Crippen LogP contribution in [0.2, 0.25) is 0 Å². The highest BCUT2D eigenvalue weighted by Crippen LogP contribution is 2.30. The van der Waals surface area contributed by atoms with Crippen LogP contribution in [0.5, 0.6) is 0 Å². The van der Waals surface area contributed by atoms with E-state index < -0.39 is 0 Å². The van der Waals surface area contributed by atoms with Gasteiger partial charge in [0, 0.05) is 11.8 Å². The second-order valence-corrected chi connectivity index (χ2v) is 6.06. The monoisotopic (exact) mass is 229 g/mol. The quantitative estimate of drug-likeness (QED) is 0.716. The summed E-state index contributed by atoms with van der Waals surface area (Å²) >= 11 is 2.14. The van der Waals surface area contributed by atoms with Crippen molar-refractivity contribution in [3.63, 3.8) is 0 Å². The van der Waals surface area contributed by atoms with Crippen molar-refractivity contribution in [2.75, 3.05) is 18.1 Å². The molecule has 3 atom stereocenters. The van der Waals surface area contributed by atoms with E-state index in [0.29, 0.717) is 0 Å². The molecule has 1 heterocycles. The first-order chi connectivity index (χ1) is 7.27. The van der Waals surface area contributed by atoms with Crippen LogP contribution in [0.1, 0.15) is 46.5 Å². The highest BCUT2D eigenvalue weighted by Gasteiger charge is 2.27. The molecule has 0 aliphatic carbocycles. The molecule has 0 saturated carbocycles. The SMILES string of the molecule is CCCNC1CSCC1CC(C)CCC. The third kappa shape index (κ3) is 4.78. The van der Waals surface area contributed by atoms with E-state index in [0.717, 1.165) is 17.9 Å². The molecule has 0 aromatic heterocycles. The maximum absolute atomic E-state index is 3.71. The molecule has 1 saturated heterocycles. The third-order valence-electron chi connectivity index (χ3n) is 3.34. The van der Waals surface area contributed by atoms with Crippen LogP contribution in [0.15, 0.2) is 0 Å². The molecule has 0 aromatic carbocycles. The molecule has 90 valence electrons. The number of nitrogens with one attached hydrogen (secondary N) is 1. The van der Waals surface area contributed by atoms with Gasteiger partial charge in [-0.15, -0.1) is 0 Å². The zero-order chi connectivity index (χ0) is 11.1. The van der Waals surface area contributed by atoms with E-state index >= 15 is 0 Å². The van der Waals surface area contributed by atoms with Crippen LogP contribution in [-0.2, 0) is 0 Å². The van der Waals surface area contributed by atoms with Gasteiger partial charge in [0.15, 0.2) is 0 Å². The first kappa shape index (κ1) is 13.4. The third-order valence-corrected chi connectivity index (χ3v) is 4.60. The fourth-order valence-corrected chi connectivity index (χ4v) is 3.96. The number of hydrogen-bond donors (Lipinski definition) is 1. The zero-order valence-corrected chi connectivity index (χ0v) is 11.4. The van der Waals surface area contributed by atoms with E-state index in [4.69, 9.17) is 0 Å². The summed E-state index contributed by atoms with van der Waals surface area (Å²) in [6.07, 6.45) is 5.44. The average molecular weight is 229 g/mol. The van der Waals surface area contributed by atoms with E-state index in [1.54, 1.807) is 0 Å². The minimum absolute atomic E-state index is 0.800. The smallest absolute Gasteiger partial charge is 0.0194 e. The van der Waals surface area contributed by atoms with Gasteiger partial charge in [-0.1, -0.05) is 33.6 Å². The summed E-state index contributed by atoms with van der Waals surface area (Å²) in [6, 6.07) is 0.800. The number of rotatable bonds is 7. The van der Waals surface area contributed by atoms with E-state index in [9.17, 15) is 0 Å². The van der Waals surface area contributed by atoms with Crippen molar-refractivity contribution in [1.82, 2.24) is 5.32 Å². The average Bonchev–Trinajstić information content (AvgIpc) is 2.63. The molecule has 3 unspecified atom stereocenters. The highest BCUT2D eigenvalue weighted by molar-refractivity contribution is 7.99. The van der Waals surface area contributed by atoms with Crippen LogP contribution in [0.3, 0.4) is 0 Å². The van der Waals surface area contributed by atoms with Crippen molar-refractivity contribution in [2.24, 2.45) is 11.8 Å². The van der Waals surface area contributed by atoms with Gasteiger partial charge in [0.1, 0.15) is 0 Å². The first-order valence-electron chi connectivity index (χ1n) is 6.59. The molecule has 1 aliphatic rings. The number of thioether (sulfide) groups is 1. The lowest BCUT2D eigenvalue weighted by Crippen LogP contribution is -2.36. The van der Waals surface area contributed by atoms with Crippen LogP contribution < -0.4 is 5.32 Å². The van der Waals surface area contributed by atoms with Gasteiger partial charge in [0.05, 0.1) is 0 Å². The molecular formula is C13H27NS. The van der Waals surface area contributed by atoms with Crippen molar-refractivity contribution in [3.8, 4) is 0 Å². The topological polar surface area (TPSA) is 12.0 Å². The maximum Gasteiger partial charge on any atom is 0.0194 e. The predicted molar refractivity (Wildman–Crippen MR) is 71.6 cm³/mol. The Labute approximate surface area is 99.8 Å². The van der Waals surface area contributed by atoms with Crippen LogP contribution >= 0.6 is 11.8 Å². The predicted octanol–water partition coefficient (Wildman–Crippen LogP) is 3.54. The molecule has 1 rings (SSSR count). The van der Waals surface area contributed by atoms with Gasteiger partial charge in [-0.05, 0) is 37.0 Å². The van der Waals surface area contributed by atoms with Gasteiger partial charge >= 0.3 is 0 Å². The van der Waals surface area contributed by atoms with Gasteiger partial charge in [-0.25, -0.2) is 0 Å². The standard InChI is InChI=1S/C13H27NS/c1-4-6-11(3)8-12-9-15-10-13(12)14-7-5-2/h11-14H,4-10H2,1-3H3. The van der Waals surface area contributed by atoms with Crippen molar-refractivity contribution in [2.45, 2.75) is 52.5 Å². The molecule has 15 heavy (non-hydrogen) atoms. The molecule has 0 aromatic rings. The Morgan fingerprint density at radius 2 is 2.07 bits per heavy atom. The highest BCUT2D eigenvalue weighted by atomic mass is 32.2. The summed E-state index contributed by atoms with van der Waals surface area (Å²) in [5, 5.41) is 3.71. The normalized spacial score (nSPS) is 28.2. The summed E-state index contributed by atoms with van der Waals surface area (Å²) in [4.78, 5) is 0. The Kier molecular flexibility index (Phi) is 6.74. The molecule has 0 amide bonds. The van der Waals surface area contributed by atoms with E-state index in [-0.39, 0.29) is 0 Å². The van der Waals surface area contributed by atoms with Crippen LogP contribution in [0.25, 0.3) is 0 Å². The molecule has 1 nitrogen and oxygen atoms in total. The maximum atomic E-state index is 3.71. The number of hydrogen-bond acceptors (Lipinski definition) is 2. The van der Waals surface area contributed by atoms with Crippen LogP contribution in [-0.4, -0.2) is 24.1 Å². The second-order valence-electron chi connectivity index (χ2n) is 4.99. The molecule has 0 bridgehead atoms. The summed E-state index contributed by atoms with van der Waals surface area (Å²) in [7, 11) is 0. The molecule has 1 N–H and O–H groups in total. The van der Waals surface area contributed by atoms with E-state index in [1.165, 1.54) is 43.7 Å². The summed E-state index contributed by atoms with van der Waals surface area (Å²) < 4.78 is 0. The Balaban J connectivity index is 2.26. The lowest BCUT2D eigenvalue weighted by molar-refractivity contribution is 0.337. The Morgan fingerprint density at radius 3 is 2.73 bits per heavy atom. The van der Waals surface area contributed by atoms with Crippen molar-refractivity contribution in [3.05, 3.63) is 0 Å². The fraction of sp³-hybridized carbons (Fsp3) is 1.00. The van der Waals surface area contributed by atoms with Crippen LogP contribution in [0.4, 0.5) is 0 Å². The van der Waals surface area contributed by atoms with Crippen LogP contribution in [0, 0.1) is 11.8 Å². The summed E-state index contributed by atoms with van der Waals surface area (Å²) in [5.41, 5.74) is 0. The van der Waals surface area contributed by atoms with Crippen molar-refractivity contribution >= 4 is 11.8 Å². The van der Waals surface area contributed by atoms with Gasteiger partial charge in [0.25, 0.3) is 0 Å². The van der Waals surface area contributed by atoms with Crippen molar-refractivity contribution in [1.29, 1.82) is 0 Å². The lowest BCUT2D eigenvalue weighted by atomic mass is 9.89. The van der Waals surface area contributed by atoms with Gasteiger partial charge < -0.3 is 5.32 Å². The zero-order valence-electron chi connectivity index (χ0n) is 10.6. The summed E-state index contributed by atoms with van der Waals surface area (Å²) in [6.45, 7) is 8.17. The Morgan fingerprint density at radius 1 is 1.27 bits per heavy atom. The second kappa shape index (κ2) is 7.56.